The normalized spacial score (nSPS) is 36.8. The Hall–Kier alpha value is -0.0800. The Morgan fingerprint density at radius 3 is 2.64 bits per heavy atom. The molecule has 2 nitrogen and oxygen atoms in total. The van der Waals surface area contributed by atoms with Gasteiger partial charge in [-0.1, -0.05) is 0 Å². The molecule has 64 valence electrons. The molecule has 0 aromatic heterocycles. The number of hydrogen-bond donors (Lipinski definition) is 1. The van der Waals surface area contributed by atoms with E-state index in [4.69, 9.17) is 4.74 Å². The molecule has 1 N–H and O–H groups in total. The fourth-order valence-corrected chi connectivity index (χ4v) is 1.65. The molecule has 2 rings (SSSR count). The van der Waals surface area contributed by atoms with Crippen LogP contribution in [0.2, 0.25) is 0 Å². The van der Waals surface area contributed by atoms with Crippen molar-refractivity contribution in [2.45, 2.75) is 37.8 Å². The van der Waals surface area contributed by atoms with E-state index in [1.807, 2.05) is 7.11 Å². The summed E-state index contributed by atoms with van der Waals surface area (Å²) in [6.45, 7) is 1.23. The maximum absolute atomic E-state index is 5.21. The molecule has 0 spiro atoms. The van der Waals surface area contributed by atoms with Crippen LogP contribution >= 0.6 is 0 Å². The largest absolute Gasteiger partial charge is 0.381 e. The van der Waals surface area contributed by atoms with Crippen molar-refractivity contribution in [3.63, 3.8) is 0 Å². The third-order valence-corrected chi connectivity index (χ3v) is 2.80. The Morgan fingerprint density at radius 2 is 2.09 bits per heavy atom. The molecule has 2 aliphatic rings. The summed E-state index contributed by atoms with van der Waals surface area (Å²) in [6, 6.07) is 0.872. The fourth-order valence-electron chi connectivity index (χ4n) is 1.65. The van der Waals surface area contributed by atoms with Gasteiger partial charge in [-0.15, -0.1) is 0 Å². The van der Waals surface area contributed by atoms with Crippen LogP contribution < -0.4 is 5.32 Å². The number of ether oxygens (including phenoxy) is 1. The number of hydrogen-bond acceptors (Lipinski definition) is 2. The maximum Gasteiger partial charge on any atom is 0.0577 e. The van der Waals surface area contributed by atoms with Crippen molar-refractivity contribution in [1.29, 1.82) is 0 Å². The van der Waals surface area contributed by atoms with Crippen LogP contribution in [-0.4, -0.2) is 25.8 Å². The topological polar surface area (TPSA) is 21.3 Å². The Labute approximate surface area is 68.3 Å². The second-order valence-corrected chi connectivity index (χ2v) is 3.88. The van der Waals surface area contributed by atoms with Crippen LogP contribution in [0, 0.1) is 5.92 Å². The molecule has 11 heavy (non-hydrogen) atoms. The van der Waals surface area contributed by atoms with E-state index >= 15 is 0 Å². The molecule has 0 bridgehead atoms. The third-order valence-electron chi connectivity index (χ3n) is 2.80. The first-order valence-corrected chi connectivity index (χ1v) is 4.64. The van der Waals surface area contributed by atoms with Crippen LogP contribution in [0.4, 0.5) is 0 Å². The van der Waals surface area contributed by atoms with Gasteiger partial charge in [-0.05, 0) is 38.1 Å². The lowest BCUT2D eigenvalue weighted by atomic mass is 9.82. The summed E-state index contributed by atoms with van der Waals surface area (Å²) < 4.78 is 5.21. The minimum Gasteiger partial charge on any atom is -0.381 e. The van der Waals surface area contributed by atoms with Gasteiger partial charge in [0.05, 0.1) is 6.10 Å². The van der Waals surface area contributed by atoms with Crippen molar-refractivity contribution in [3.8, 4) is 0 Å². The Bertz CT molecular complexity index is 128. The zero-order valence-electron chi connectivity index (χ0n) is 7.18. The molecule has 0 radical (unpaired) electrons. The van der Waals surface area contributed by atoms with Crippen molar-refractivity contribution < 1.29 is 4.74 Å². The SMILES string of the molecule is COC1CC(CNC2CC2)C1. The average Bonchev–Trinajstić information content (AvgIpc) is 2.68. The van der Waals surface area contributed by atoms with Gasteiger partial charge in [0.1, 0.15) is 0 Å². The highest BCUT2D eigenvalue weighted by Crippen LogP contribution is 2.29. The summed E-state index contributed by atoms with van der Waals surface area (Å²) in [7, 11) is 1.81. The van der Waals surface area contributed by atoms with E-state index in [9.17, 15) is 0 Å². The van der Waals surface area contributed by atoms with Crippen LogP contribution in [0.3, 0.4) is 0 Å². The van der Waals surface area contributed by atoms with E-state index < -0.39 is 0 Å². The summed E-state index contributed by atoms with van der Waals surface area (Å²) in [5, 5.41) is 3.55. The van der Waals surface area contributed by atoms with Gasteiger partial charge in [0.2, 0.25) is 0 Å². The summed E-state index contributed by atoms with van der Waals surface area (Å²) in [5.74, 6) is 0.903. The molecular weight excluding hydrogens is 138 g/mol. The quantitative estimate of drug-likeness (QED) is 0.658. The summed E-state index contributed by atoms with van der Waals surface area (Å²) in [6.07, 6.45) is 5.92. The molecule has 2 saturated carbocycles. The highest BCUT2D eigenvalue weighted by atomic mass is 16.5. The minimum absolute atomic E-state index is 0.570. The molecule has 0 amide bonds. The fraction of sp³-hybridized carbons (Fsp3) is 1.00. The van der Waals surface area contributed by atoms with Gasteiger partial charge < -0.3 is 10.1 Å². The van der Waals surface area contributed by atoms with Crippen molar-refractivity contribution in [2.24, 2.45) is 5.92 Å². The molecule has 2 fully saturated rings. The predicted octanol–water partition coefficient (Wildman–Crippen LogP) is 1.16. The zero-order valence-corrected chi connectivity index (χ0v) is 7.18. The molecule has 2 heteroatoms. The third kappa shape index (κ3) is 1.94. The van der Waals surface area contributed by atoms with E-state index in [0.717, 1.165) is 12.0 Å². The first-order valence-electron chi connectivity index (χ1n) is 4.64. The number of nitrogens with one attached hydrogen (secondary N) is 1. The number of rotatable bonds is 4. The van der Waals surface area contributed by atoms with Gasteiger partial charge >= 0.3 is 0 Å². The molecule has 2 aliphatic carbocycles. The van der Waals surface area contributed by atoms with Crippen molar-refractivity contribution >= 4 is 0 Å². The van der Waals surface area contributed by atoms with E-state index in [-0.39, 0.29) is 0 Å². The van der Waals surface area contributed by atoms with Crippen molar-refractivity contribution in [3.05, 3.63) is 0 Å². The molecule has 0 aliphatic heterocycles. The van der Waals surface area contributed by atoms with Crippen LogP contribution in [0.25, 0.3) is 0 Å². The molecule has 0 atom stereocenters. The van der Waals surface area contributed by atoms with Gasteiger partial charge in [0.25, 0.3) is 0 Å². The predicted molar refractivity (Wildman–Crippen MR) is 44.5 cm³/mol. The Kier molecular flexibility index (Phi) is 2.14. The molecular formula is C9H17NO. The lowest BCUT2D eigenvalue weighted by Gasteiger charge is -2.34. The first-order chi connectivity index (χ1) is 5.38. The Balaban J connectivity index is 1.52. The molecule has 0 aromatic rings. The average molecular weight is 155 g/mol. The monoisotopic (exact) mass is 155 g/mol. The van der Waals surface area contributed by atoms with Gasteiger partial charge in [-0.25, -0.2) is 0 Å². The minimum atomic E-state index is 0.570. The van der Waals surface area contributed by atoms with Crippen molar-refractivity contribution in [1.82, 2.24) is 5.32 Å². The summed E-state index contributed by atoms with van der Waals surface area (Å²) in [5.41, 5.74) is 0. The lowest BCUT2D eigenvalue weighted by molar-refractivity contribution is 0.00152. The van der Waals surface area contributed by atoms with E-state index in [0.29, 0.717) is 6.10 Å². The van der Waals surface area contributed by atoms with Crippen LogP contribution in [0.1, 0.15) is 25.7 Å². The molecule has 0 aromatic carbocycles. The Morgan fingerprint density at radius 1 is 1.36 bits per heavy atom. The highest BCUT2D eigenvalue weighted by molar-refractivity contribution is 4.86. The summed E-state index contributed by atoms with van der Waals surface area (Å²) >= 11 is 0. The summed E-state index contributed by atoms with van der Waals surface area (Å²) in [4.78, 5) is 0. The standard InChI is InChI=1S/C9H17NO/c1-11-9-4-7(5-9)6-10-8-2-3-8/h7-10H,2-6H2,1H3. The van der Waals surface area contributed by atoms with Gasteiger partial charge in [-0.3, -0.25) is 0 Å². The van der Waals surface area contributed by atoms with E-state index in [1.165, 1.54) is 32.2 Å². The highest BCUT2D eigenvalue weighted by Gasteiger charge is 2.30. The second-order valence-electron chi connectivity index (χ2n) is 3.88. The zero-order chi connectivity index (χ0) is 7.68. The lowest BCUT2D eigenvalue weighted by Crippen LogP contribution is -2.37. The second kappa shape index (κ2) is 3.11. The van der Waals surface area contributed by atoms with Gasteiger partial charge in [0.15, 0.2) is 0 Å². The first kappa shape index (κ1) is 7.56. The molecule has 0 heterocycles. The van der Waals surface area contributed by atoms with E-state index in [1.54, 1.807) is 0 Å². The maximum atomic E-state index is 5.21. The van der Waals surface area contributed by atoms with Gasteiger partial charge in [0, 0.05) is 13.2 Å². The van der Waals surface area contributed by atoms with Gasteiger partial charge in [-0.2, -0.15) is 0 Å². The van der Waals surface area contributed by atoms with Crippen LogP contribution in [0.5, 0.6) is 0 Å². The van der Waals surface area contributed by atoms with Crippen LogP contribution in [0.15, 0.2) is 0 Å². The number of methoxy groups -OCH3 is 1. The van der Waals surface area contributed by atoms with Crippen LogP contribution in [-0.2, 0) is 4.74 Å². The van der Waals surface area contributed by atoms with Crippen molar-refractivity contribution in [2.75, 3.05) is 13.7 Å². The smallest absolute Gasteiger partial charge is 0.0577 e. The molecule has 0 unspecified atom stereocenters. The molecule has 0 saturated heterocycles. The van der Waals surface area contributed by atoms with E-state index in [2.05, 4.69) is 5.32 Å².